The van der Waals surface area contributed by atoms with Crippen molar-refractivity contribution in [3.05, 3.63) is 84.9 Å². The molecule has 0 fully saturated rings. The maximum absolute atomic E-state index is 9.91. The summed E-state index contributed by atoms with van der Waals surface area (Å²) >= 11 is 0. The van der Waals surface area contributed by atoms with Gasteiger partial charge in [0.1, 0.15) is 24.1 Å². The zero-order valence-electron chi connectivity index (χ0n) is 17.1. The van der Waals surface area contributed by atoms with Crippen LogP contribution in [0.4, 0.5) is 5.69 Å². The summed E-state index contributed by atoms with van der Waals surface area (Å²) in [5.41, 5.74) is 0.923. The van der Waals surface area contributed by atoms with Crippen LogP contribution in [0.15, 0.2) is 84.9 Å². The molecule has 29 heavy (non-hydrogen) atoms. The van der Waals surface area contributed by atoms with Crippen molar-refractivity contribution in [2.45, 2.75) is 13.0 Å². The fourth-order valence-corrected chi connectivity index (χ4v) is 3.21. The van der Waals surface area contributed by atoms with Gasteiger partial charge in [-0.1, -0.05) is 48.5 Å². The summed E-state index contributed by atoms with van der Waals surface area (Å²) in [6.07, 6.45) is -0.449. The Morgan fingerprint density at radius 1 is 0.759 bits per heavy atom. The van der Waals surface area contributed by atoms with Crippen molar-refractivity contribution in [1.29, 1.82) is 0 Å². The molecule has 1 unspecified atom stereocenters. The third-order valence-electron chi connectivity index (χ3n) is 4.41. The number of hydrogen-bond donors (Lipinski definition) is 1. The van der Waals surface area contributed by atoms with E-state index in [2.05, 4.69) is 0 Å². The predicted molar refractivity (Wildman–Crippen MR) is 117 cm³/mol. The molecule has 0 radical (unpaired) electrons. The Balaban J connectivity index is 1.87. The Labute approximate surface area is 172 Å². The molecule has 0 aromatic heterocycles. The smallest absolute Gasteiger partial charge is 0.490 e. The largest absolute Gasteiger partial charge is 0.864 e. The number of nitrogens with zero attached hydrogens (tertiary/aromatic N) is 1. The highest BCUT2D eigenvalue weighted by Crippen LogP contribution is 2.32. The van der Waals surface area contributed by atoms with Gasteiger partial charge in [-0.2, -0.15) is 0 Å². The molecule has 6 heteroatoms. The maximum Gasteiger partial charge on any atom is 0.864 e. The van der Waals surface area contributed by atoms with Gasteiger partial charge in [0, 0.05) is 6.07 Å². The van der Waals surface area contributed by atoms with Crippen LogP contribution in [-0.2, 0) is 0 Å². The van der Waals surface area contributed by atoms with Crippen LogP contribution in [0, 0.1) is 0 Å². The van der Waals surface area contributed by atoms with E-state index in [0.29, 0.717) is 28.3 Å². The molecule has 150 valence electrons. The Morgan fingerprint density at radius 2 is 1.24 bits per heavy atom. The van der Waals surface area contributed by atoms with Gasteiger partial charge >= 0.3 is 7.32 Å². The van der Waals surface area contributed by atoms with Crippen LogP contribution in [0.25, 0.3) is 0 Å². The highest BCUT2D eigenvalue weighted by molar-refractivity contribution is 6.39. The molecule has 3 aromatic carbocycles. The van der Waals surface area contributed by atoms with Crippen molar-refractivity contribution in [3.63, 3.8) is 0 Å². The predicted octanol–water partition coefficient (Wildman–Crippen LogP) is 4.16. The zero-order chi connectivity index (χ0) is 20.7. The standard InChI is InChI=1S/C23H27BNO4/c1-19(26)18-25(2,3)22-16-10-11-17-23(22)29-24(27-20-12-6-4-7-13-20)28-21-14-8-5-9-15-21/h4-17,19,26H,18H2,1-3H3/q+1. The SMILES string of the molecule is CC(O)C[N+](C)(C)c1ccccc1OB(Oc1ccccc1)Oc1ccccc1. The molecule has 1 N–H and O–H groups in total. The van der Waals surface area contributed by atoms with E-state index in [1.54, 1.807) is 6.92 Å². The zero-order valence-corrected chi connectivity index (χ0v) is 17.1. The molecule has 1 atom stereocenters. The van der Waals surface area contributed by atoms with Crippen molar-refractivity contribution in [1.82, 2.24) is 4.48 Å². The number of aliphatic hydroxyl groups excluding tert-OH is 1. The van der Waals surface area contributed by atoms with Crippen LogP contribution >= 0.6 is 0 Å². The first-order chi connectivity index (χ1) is 13.9. The van der Waals surface area contributed by atoms with E-state index in [9.17, 15) is 5.11 Å². The number of quaternary nitrogens is 1. The average molecular weight is 392 g/mol. The van der Waals surface area contributed by atoms with Gasteiger partial charge in [0.05, 0.1) is 14.1 Å². The molecule has 0 heterocycles. The van der Waals surface area contributed by atoms with E-state index < -0.39 is 13.4 Å². The number of benzene rings is 3. The van der Waals surface area contributed by atoms with Gasteiger partial charge in [-0.25, -0.2) is 0 Å². The van der Waals surface area contributed by atoms with Crippen LogP contribution in [0.2, 0.25) is 0 Å². The lowest BCUT2D eigenvalue weighted by molar-refractivity contribution is 0.154. The van der Waals surface area contributed by atoms with Crippen molar-refractivity contribution < 1.29 is 19.1 Å². The fraction of sp³-hybridized carbons (Fsp3) is 0.217. The first-order valence-corrected chi connectivity index (χ1v) is 9.65. The molecule has 0 saturated carbocycles. The second-order valence-corrected chi connectivity index (χ2v) is 7.45. The summed E-state index contributed by atoms with van der Waals surface area (Å²) in [6, 6.07) is 26.6. The molecular weight excluding hydrogens is 365 g/mol. The molecule has 0 amide bonds. The summed E-state index contributed by atoms with van der Waals surface area (Å²) in [4.78, 5) is 0. The maximum atomic E-state index is 9.91. The Hall–Kier alpha value is -2.96. The Kier molecular flexibility index (Phi) is 6.80. The third kappa shape index (κ3) is 6.01. The average Bonchev–Trinajstić information content (AvgIpc) is 2.69. The topological polar surface area (TPSA) is 47.9 Å². The van der Waals surface area contributed by atoms with Crippen LogP contribution in [0.5, 0.6) is 17.2 Å². The lowest BCUT2D eigenvalue weighted by Crippen LogP contribution is -2.46. The minimum Gasteiger partial charge on any atom is -0.490 e. The lowest BCUT2D eigenvalue weighted by Gasteiger charge is -2.32. The number of rotatable bonds is 9. The van der Waals surface area contributed by atoms with Gasteiger partial charge in [-0.15, -0.1) is 0 Å². The summed E-state index contributed by atoms with van der Waals surface area (Å²) in [5, 5.41) is 9.91. The van der Waals surface area contributed by atoms with E-state index >= 15 is 0 Å². The third-order valence-corrected chi connectivity index (χ3v) is 4.41. The molecule has 3 rings (SSSR count). The Bertz CT molecular complexity index is 846. The number of para-hydroxylation sites is 4. The summed E-state index contributed by atoms with van der Waals surface area (Å²) in [6.45, 7) is 2.33. The molecule has 0 spiro atoms. The van der Waals surface area contributed by atoms with E-state index in [1.807, 2.05) is 99.0 Å². The van der Waals surface area contributed by atoms with Crippen molar-refractivity contribution in [2.75, 3.05) is 20.6 Å². The van der Waals surface area contributed by atoms with Crippen LogP contribution in [0.3, 0.4) is 0 Å². The molecule has 0 saturated heterocycles. The molecule has 0 aliphatic rings. The van der Waals surface area contributed by atoms with Gasteiger partial charge in [0.2, 0.25) is 0 Å². The van der Waals surface area contributed by atoms with Crippen LogP contribution in [0.1, 0.15) is 6.92 Å². The fourth-order valence-electron chi connectivity index (χ4n) is 3.21. The Morgan fingerprint density at radius 3 is 1.76 bits per heavy atom. The summed E-state index contributed by atoms with van der Waals surface area (Å²) in [7, 11) is 3.08. The second-order valence-electron chi connectivity index (χ2n) is 7.45. The minimum absolute atomic E-state index is 0.449. The van der Waals surface area contributed by atoms with E-state index in [1.165, 1.54) is 0 Å². The van der Waals surface area contributed by atoms with Crippen molar-refractivity contribution in [2.24, 2.45) is 0 Å². The van der Waals surface area contributed by atoms with E-state index in [4.69, 9.17) is 14.0 Å². The molecule has 0 bridgehead atoms. The van der Waals surface area contributed by atoms with Gasteiger partial charge < -0.3 is 19.1 Å². The second kappa shape index (κ2) is 9.50. The number of aliphatic hydroxyl groups is 1. The monoisotopic (exact) mass is 392 g/mol. The number of likely N-dealkylation sites (N-methyl/N-ethyl adjacent to an activating group) is 1. The summed E-state index contributed by atoms with van der Waals surface area (Å²) < 4.78 is 18.6. The first-order valence-electron chi connectivity index (χ1n) is 9.65. The van der Waals surface area contributed by atoms with Crippen molar-refractivity contribution >= 4 is 13.0 Å². The summed E-state index contributed by atoms with van der Waals surface area (Å²) in [5.74, 6) is 1.92. The molecule has 5 nitrogen and oxygen atoms in total. The van der Waals surface area contributed by atoms with Gasteiger partial charge in [-0.3, -0.25) is 4.48 Å². The number of hydrogen-bond acceptors (Lipinski definition) is 4. The van der Waals surface area contributed by atoms with Gasteiger partial charge in [-0.05, 0) is 37.3 Å². The normalized spacial score (nSPS) is 12.1. The van der Waals surface area contributed by atoms with Gasteiger partial charge in [0.25, 0.3) is 0 Å². The van der Waals surface area contributed by atoms with Gasteiger partial charge in [0.15, 0.2) is 11.4 Å². The lowest BCUT2D eigenvalue weighted by atomic mass is 10.1. The van der Waals surface area contributed by atoms with E-state index in [-0.39, 0.29) is 0 Å². The van der Waals surface area contributed by atoms with E-state index in [0.717, 1.165) is 5.69 Å². The highest BCUT2D eigenvalue weighted by atomic mass is 16.7. The van der Waals surface area contributed by atoms with Crippen molar-refractivity contribution in [3.8, 4) is 17.2 Å². The minimum atomic E-state index is -0.979. The quantitative estimate of drug-likeness (QED) is 0.439. The molecule has 0 aliphatic carbocycles. The molecule has 3 aromatic rings. The first kappa shape index (κ1) is 20.8. The highest BCUT2D eigenvalue weighted by Gasteiger charge is 2.34. The molecular formula is C23H27BNO4+. The van der Waals surface area contributed by atoms with Crippen LogP contribution < -0.4 is 18.4 Å². The molecule has 0 aliphatic heterocycles. The van der Waals surface area contributed by atoms with Crippen LogP contribution in [-0.4, -0.2) is 39.2 Å².